The number of carbonyl (C=O) groups excluding carboxylic acids is 2. The van der Waals surface area contributed by atoms with Crippen molar-refractivity contribution in [1.82, 2.24) is 0 Å². The van der Waals surface area contributed by atoms with Gasteiger partial charge in [0, 0.05) is 5.57 Å². The number of primary amides is 1. The van der Waals surface area contributed by atoms with Crippen LogP contribution in [-0.4, -0.2) is 18.0 Å². The van der Waals surface area contributed by atoms with E-state index in [1.807, 2.05) is 0 Å². The monoisotopic (exact) mass is 199 g/mol. The first-order valence-electron chi connectivity index (χ1n) is 4.36. The lowest BCUT2D eigenvalue weighted by molar-refractivity contribution is -0.152. The largest absolute Gasteiger partial charge is 0.458 e. The summed E-state index contributed by atoms with van der Waals surface area (Å²) in [7, 11) is 0. The molecular weight excluding hydrogens is 182 g/mol. The Morgan fingerprint density at radius 3 is 2.14 bits per heavy atom. The summed E-state index contributed by atoms with van der Waals surface area (Å²) in [5.41, 5.74) is 4.60. The minimum absolute atomic E-state index is 0.303. The molecule has 0 radical (unpaired) electrons. The highest BCUT2D eigenvalue weighted by atomic mass is 16.5. The molecule has 0 rings (SSSR count). The van der Waals surface area contributed by atoms with Crippen molar-refractivity contribution in [3.05, 3.63) is 12.2 Å². The minimum atomic E-state index is -0.870. The Morgan fingerprint density at radius 1 is 1.43 bits per heavy atom. The summed E-state index contributed by atoms with van der Waals surface area (Å²) in [6.45, 7) is 9.88. The average molecular weight is 199 g/mol. The van der Waals surface area contributed by atoms with Gasteiger partial charge >= 0.3 is 5.97 Å². The lowest BCUT2D eigenvalue weighted by Crippen LogP contribution is -2.42. The van der Waals surface area contributed by atoms with Crippen LogP contribution in [0.15, 0.2) is 12.2 Å². The van der Waals surface area contributed by atoms with E-state index in [2.05, 4.69) is 6.58 Å². The molecule has 1 unspecified atom stereocenters. The maximum Gasteiger partial charge on any atom is 0.333 e. The molecule has 0 spiro atoms. The van der Waals surface area contributed by atoms with Crippen molar-refractivity contribution >= 4 is 11.9 Å². The van der Waals surface area contributed by atoms with Gasteiger partial charge in [0.1, 0.15) is 6.10 Å². The van der Waals surface area contributed by atoms with Gasteiger partial charge in [0.05, 0.1) is 5.41 Å². The molecule has 0 aromatic heterocycles. The summed E-state index contributed by atoms with van der Waals surface area (Å²) < 4.78 is 5.00. The predicted octanol–water partition coefficient (Wildman–Crippen LogP) is 1.01. The summed E-state index contributed by atoms with van der Waals surface area (Å²) in [6.07, 6.45) is -0.566. The fourth-order valence-electron chi connectivity index (χ4n) is 0.609. The summed E-state index contributed by atoms with van der Waals surface area (Å²) in [6, 6.07) is 0. The molecule has 1 amide bonds. The third-order valence-electron chi connectivity index (χ3n) is 2.28. The van der Waals surface area contributed by atoms with Gasteiger partial charge < -0.3 is 10.5 Å². The Kier molecular flexibility index (Phi) is 3.86. The fourth-order valence-corrected chi connectivity index (χ4v) is 0.609. The third-order valence-corrected chi connectivity index (χ3v) is 2.28. The Labute approximate surface area is 84.1 Å². The van der Waals surface area contributed by atoms with Gasteiger partial charge in [-0.15, -0.1) is 0 Å². The topological polar surface area (TPSA) is 69.4 Å². The van der Waals surface area contributed by atoms with E-state index < -0.39 is 23.4 Å². The van der Waals surface area contributed by atoms with Crippen LogP contribution in [0.25, 0.3) is 0 Å². The number of hydrogen-bond acceptors (Lipinski definition) is 3. The van der Waals surface area contributed by atoms with Crippen LogP contribution in [0.2, 0.25) is 0 Å². The van der Waals surface area contributed by atoms with Crippen molar-refractivity contribution in [2.24, 2.45) is 11.1 Å². The number of hydrogen-bond donors (Lipinski definition) is 1. The summed E-state index contributed by atoms with van der Waals surface area (Å²) in [5, 5.41) is 0. The second kappa shape index (κ2) is 4.26. The van der Waals surface area contributed by atoms with Crippen molar-refractivity contribution < 1.29 is 14.3 Å². The number of amides is 1. The van der Waals surface area contributed by atoms with Crippen LogP contribution in [0.5, 0.6) is 0 Å². The molecule has 14 heavy (non-hydrogen) atoms. The molecule has 0 heterocycles. The third kappa shape index (κ3) is 2.87. The number of esters is 1. The molecule has 0 aliphatic carbocycles. The molecule has 0 aliphatic rings. The molecule has 0 aliphatic heterocycles. The van der Waals surface area contributed by atoms with Crippen LogP contribution in [0, 0.1) is 5.41 Å². The van der Waals surface area contributed by atoms with E-state index >= 15 is 0 Å². The lowest BCUT2D eigenvalue weighted by atomic mass is 9.86. The smallest absolute Gasteiger partial charge is 0.333 e. The Morgan fingerprint density at radius 2 is 1.86 bits per heavy atom. The van der Waals surface area contributed by atoms with Crippen molar-refractivity contribution in [2.75, 3.05) is 0 Å². The van der Waals surface area contributed by atoms with Gasteiger partial charge in [-0.05, 0) is 27.7 Å². The van der Waals surface area contributed by atoms with Crippen LogP contribution in [0.4, 0.5) is 0 Å². The van der Waals surface area contributed by atoms with Crippen molar-refractivity contribution in [3.63, 3.8) is 0 Å². The molecule has 0 aromatic rings. The Balaban J connectivity index is 4.49. The van der Waals surface area contributed by atoms with Gasteiger partial charge in [0.2, 0.25) is 5.91 Å². The van der Waals surface area contributed by atoms with Crippen LogP contribution >= 0.6 is 0 Å². The Bertz CT molecular complexity index is 269. The van der Waals surface area contributed by atoms with E-state index in [-0.39, 0.29) is 0 Å². The van der Waals surface area contributed by atoms with E-state index in [0.717, 1.165) is 0 Å². The standard InChI is InChI=1S/C10H17NO3/c1-6(2)8(12)14-7(3)10(4,5)9(11)13/h7H,1H2,2-5H3,(H2,11,13). The molecule has 4 heteroatoms. The van der Waals surface area contributed by atoms with E-state index in [1.165, 1.54) is 0 Å². The molecule has 80 valence electrons. The highest BCUT2D eigenvalue weighted by molar-refractivity contribution is 5.88. The zero-order valence-corrected chi connectivity index (χ0v) is 9.09. The maximum atomic E-state index is 11.1. The van der Waals surface area contributed by atoms with Gasteiger partial charge in [-0.25, -0.2) is 4.79 Å². The molecule has 0 fully saturated rings. The van der Waals surface area contributed by atoms with Crippen molar-refractivity contribution in [3.8, 4) is 0 Å². The van der Waals surface area contributed by atoms with Gasteiger partial charge in [0.25, 0.3) is 0 Å². The van der Waals surface area contributed by atoms with Crippen LogP contribution < -0.4 is 5.73 Å². The highest BCUT2D eigenvalue weighted by Gasteiger charge is 2.34. The number of carbonyl (C=O) groups is 2. The summed E-state index contributed by atoms with van der Waals surface area (Å²) in [4.78, 5) is 22.2. The van der Waals surface area contributed by atoms with E-state index in [1.54, 1.807) is 27.7 Å². The van der Waals surface area contributed by atoms with Crippen LogP contribution in [0.1, 0.15) is 27.7 Å². The zero-order chi connectivity index (χ0) is 11.5. The van der Waals surface area contributed by atoms with E-state index in [9.17, 15) is 9.59 Å². The molecule has 0 bridgehead atoms. The zero-order valence-electron chi connectivity index (χ0n) is 9.09. The van der Waals surface area contributed by atoms with Gasteiger partial charge in [-0.3, -0.25) is 4.79 Å². The second-order valence-electron chi connectivity index (χ2n) is 3.91. The van der Waals surface area contributed by atoms with E-state index in [4.69, 9.17) is 10.5 Å². The first-order chi connectivity index (χ1) is 6.19. The highest BCUT2D eigenvalue weighted by Crippen LogP contribution is 2.23. The molecule has 1 atom stereocenters. The van der Waals surface area contributed by atoms with Crippen LogP contribution in [0.3, 0.4) is 0 Å². The fraction of sp³-hybridized carbons (Fsp3) is 0.600. The minimum Gasteiger partial charge on any atom is -0.458 e. The van der Waals surface area contributed by atoms with Gasteiger partial charge in [-0.2, -0.15) is 0 Å². The SMILES string of the molecule is C=C(C)C(=O)OC(C)C(C)(C)C(N)=O. The normalized spacial score (nSPS) is 13.1. The second-order valence-corrected chi connectivity index (χ2v) is 3.91. The maximum absolute atomic E-state index is 11.1. The molecular formula is C10H17NO3. The molecule has 4 nitrogen and oxygen atoms in total. The number of rotatable bonds is 4. The van der Waals surface area contributed by atoms with Gasteiger partial charge in [-0.1, -0.05) is 6.58 Å². The van der Waals surface area contributed by atoms with E-state index in [0.29, 0.717) is 5.57 Å². The molecule has 0 saturated heterocycles. The first-order valence-corrected chi connectivity index (χ1v) is 4.36. The van der Waals surface area contributed by atoms with Crippen molar-refractivity contribution in [1.29, 1.82) is 0 Å². The van der Waals surface area contributed by atoms with Crippen LogP contribution in [-0.2, 0) is 14.3 Å². The first kappa shape index (κ1) is 12.7. The summed E-state index contributed by atoms with van der Waals surface area (Å²) >= 11 is 0. The Hall–Kier alpha value is -1.32. The number of nitrogens with two attached hydrogens (primary N) is 1. The lowest BCUT2D eigenvalue weighted by Gasteiger charge is -2.27. The van der Waals surface area contributed by atoms with Crippen molar-refractivity contribution in [2.45, 2.75) is 33.8 Å². The number of ether oxygens (including phenoxy) is 1. The molecule has 2 N–H and O–H groups in total. The van der Waals surface area contributed by atoms with Gasteiger partial charge in [0.15, 0.2) is 0 Å². The summed E-state index contributed by atoms with van der Waals surface area (Å²) in [5.74, 6) is -1.01. The predicted molar refractivity (Wildman–Crippen MR) is 53.3 cm³/mol. The average Bonchev–Trinajstić information content (AvgIpc) is 2.03. The molecule has 0 saturated carbocycles. The quantitative estimate of drug-likeness (QED) is 0.542. The molecule has 0 aromatic carbocycles.